The molecule has 1 heteroatoms. The molecule has 5 aromatic rings. The predicted molar refractivity (Wildman–Crippen MR) is 142 cm³/mol. The summed E-state index contributed by atoms with van der Waals surface area (Å²) < 4.78 is 0. The van der Waals surface area contributed by atoms with Gasteiger partial charge < -0.3 is 4.90 Å². The molecule has 5 aromatic carbocycles. The Morgan fingerprint density at radius 1 is 0.781 bits per heavy atom. The minimum atomic E-state index is 0.824. The highest BCUT2D eigenvalue weighted by Crippen LogP contribution is 2.36. The number of hydrogen-bond acceptors (Lipinski definition) is 1. The van der Waals surface area contributed by atoms with E-state index in [1.165, 1.54) is 49.1 Å². The molecule has 0 N–H and O–H groups in total. The van der Waals surface area contributed by atoms with E-state index >= 15 is 0 Å². The third-order valence-corrected chi connectivity index (χ3v) is 6.55. The van der Waals surface area contributed by atoms with Crippen LogP contribution in [0.2, 0.25) is 0 Å². The number of rotatable bonds is 7. The molecule has 0 aliphatic heterocycles. The summed E-state index contributed by atoms with van der Waals surface area (Å²) in [6, 6.07) is 28.9. The number of likely N-dealkylation sites (N-methyl/N-ethyl adjacent to an activating group) is 1. The Labute approximate surface area is 190 Å². The molecule has 0 saturated carbocycles. The van der Waals surface area contributed by atoms with Crippen LogP contribution >= 0.6 is 0 Å². The van der Waals surface area contributed by atoms with Crippen molar-refractivity contribution in [1.82, 2.24) is 0 Å². The van der Waals surface area contributed by atoms with Crippen molar-refractivity contribution in [3.05, 3.63) is 108 Å². The summed E-state index contributed by atoms with van der Waals surface area (Å²) in [5.41, 5.74) is 4.98. The van der Waals surface area contributed by atoms with Crippen molar-refractivity contribution in [2.75, 3.05) is 18.0 Å². The summed E-state index contributed by atoms with van der Waals surface area (Å²) in [5, 5.41) is 7.94. The monoisotopic (exact) mass is 415 g/mol. The zero-order valence-corrected chi connectivity index (χ0v) is 18.9. The van der Waals surface area contributed by atoms with Crippen LogP contribution in [0.25, 0.3) is 38.4 Å². The maximum atomic E-state index is 4.35. The van der Waals surface area contributed by atoms with E-state index in [1.807, 2.05) is 0 Å². The van der Waals surface area contributed by atoms with E-state index in [1.54, 1.807) is 0 Å². The Morgan fingerprint density at radius 2 is 1.44 bits per heavy atom. The lowest BCUT2D eigenvalue weighted by Crippen LogP contribution is -2.24. The van der Waals surface area contributed by atoms with Crippen molar-refractivity contribution in [3.63, 3.8) is 0 Å². The van der Waals surface area contributed by atoms with E-state index in [2.05, 4.69) is 116 Å². The zero-order chi connectivity index (χ0) is 22.1. The summed E-state index contributed by atoms with van der Waals surface area (Å²) in [5.74, 6) is 0. The van der Waals surface area contributed by atoms with Crippen LogP contribution in [0.1, 0.15) is 25.0 Å². The number of hydrogen-bond donors (Lipinski definition) is 0. The molecule has 0 atom stereocenters. The van der Waals surface area contributed by atoms with Crippen LogP contribution in [0.5, 0.6) is 0 Å². The molecule has 1 nitrogen and oxygen atoms in total. The van der Waals surface area contributed by atoms with Crippen LogP contribution in [0.3, 0.4) is 0 Å². The lowest BCUT2D eigenvalue weighted by atomic mass is 9.92. The van der Waals surface area contributed by atoms with Gasteiger partial charge in [0, 0.05) is 18.8 Å². The lowest BCUT2D eigenvalue weighted by Gasteiger charge is -2.23. The fourth-order valence-corrected chi connectivity index (χ4v) is 4.74. The fraction of sp³-hybridized carbons (Fsp3) is 0.161. The summed E-state index contributed by atoms with van der Waals surface area (Å²) in [6.45, 7) is 10.5. The molecule has 0 amide bonds. The largest absolute Gasteiger partial charge is 0.368 e. The fourth-order valence-electron chi connectivity index (χ4n) is 4.74. The van der Waals surface area contributed by atoms with Gasteiger partial charge in [-0.3, -0.25) is 0 Å². The molecule has 0 heterocycles. The van der Waals surface area contributed by atoms with Crippen LogP contribution in [0.4, 0.5) is 5.69 Å². The maximum Gasteiger partial charge on any atom is 0.0423 e. The third kappa shape index (κ3) is 3.65. The number of nitrogens with zero attached hydrogens (tertiary/aromatic N) is 1. The Balaban J connectivity index is 1.44. The van der Waals surface area contributed by atoms with Gasteiger partial charge in [-0.25, -0.2) is 0 Å². The van der Waals surface area contributed by atoms with E-state index in [-0.39, 0.29) is 0 Å². The lowest BCUT2D eigenvalue weighted by molar-refractivity contribution is 0.890. The molecule has 5 rings (SSSR count). The first-order valence-electron chi connectivity index (χ1n) is 11.5. The van der Waals surface area contributed by atoms with Gasteiger partial charge in [0.2, 0.25) is 0 Å². The number of anilines is 1. The maximum absolute atomic E-state index is 4.35. The van der Waals surface area contributed by atoms with Gasteiger partial charge in [-0.2, -0.15) is 0 Å². The molecular formula is C31H29N. The van der Waals surface area contributed by atoms with Gasteiger partial charge in [-0.05, 0) is 74.5 Å². The SMILES string of the molecule is C=C(/C=C/c1ccc2ccc3cccc4ccc1c2c34)CN(CC)c1ccc(CC)cc1. The molecule has 0 unspecified atom stereocenters. The molecule has 0 aromatic heterocycles. The highest BCUT2D eigenvalue weighted by atomic mass is 15.1. The molecule has 32 heavy (non-hydrogen) atoms. The van der Waals surface area contributed by atoms with Gasteiger partial charge in [0.05, 0.1) is 0 Å². The van der Waals surface area contributed by atoms with Gasteiger partial charge in [-0.1, -0.05) is 92.4 Å². The molecule has 0 bridgehead atoms. The normalized spacial score (nSPS) is 11.8. The van der Waals surface area contributed by atoms with Gasteiger partial charge in [0.15, 0.2) is 0 Å². The summed E-state index contributed by atoms with van der Waals surface area (Å²) in [7, 11) is 0. The van der Waals surface area contributed by atoms with E-state index < -0.39 is 0 Å². The van der Waals surface area contributed by atoms with Gasteiger partial charge in [0.25, 0.3) is 0 Å². The standard InChI is InChI=1S/C31H29N/c1-4-23-10-18-28(19-11-23)32(5-2)21-22(3)9-12-24-13-14-27-16-15-25-7-6-8-26-17-20-29(24)31(27)30(25)26/h6-20H,3-5,21H2,1-2H3/b12-9+. The van der Waals surface area contributed by atoms with Crippen molar-refractivity contribution in [3.8, 4) is 0 Å². The van der Waals surface area contributed by atoms with Gasteiger partial charge in [0.1, 0.15) is 0 Å². The second-order valence-corrected chi connectivity index (χ2v) is 8.54. The highest BCUT2D eigenvalue weighted by Gasteiger charge is 2.10. The second-order valence-electron chi connectivity index (χ2n) is 8.54. The van der Waals surface area contributed by atoms with Crippen LogP contribution in [-0.4, -0.2) is 13.1 Å². The minimum Gasteiger partial charge on any atom is -0.368 e. The van der Waals surface area contributed by atoms with Crippen molar-refractivity contribution in [2.45, 2.75) is 20.3 Å². The van der Waals surface area contributed by atoms with Crippen LogP contribution < -0.4 is 4.90 Å². The van der Waals surface area contributed by atoms with E-state index in [0.717, 1.165) is 25.1 Å². The molecule has 0 radical (unpaired) electrons. The van der Waals surface area contributed by atoms with Gasteiger partial charge >= 0.3 is 0 Å². The van der Waals surface area contributed by atoms with Crippen molar-refractivity contribution in [2.24, 2.45) is 0 Å². The third-order valence-electron chi connectivity index (χ3n) is 6.55. The molecule has 0 spiro atoms. The minimum absolute atomic E-state index is 0.824. The van der Waals surface area contributed by atoms with E-state index in [0.29, 0.717) is 0 Å². The Hall–Kier alpha value is -3.58. The average Bonchev–Trinajstić information content (AvgIpc) is 2.85. The highest BCUT2D eigenvalue weighted by molar-refractivity contribution is 6.24. The Bertz CT molecular complexity index is 1410. The van der Waals surface area contributed by atoms with Crippen molar-refractivity contribution < 1.29 is 0 Å². The first kappa shape index (κ1) is 20.3. The predicted octanol–water partition coefficient (Wildman–Crippen LogP) is 8.24. The van der Waals surface area contributed by atoms with Crippen molar-refractivity contribution in [1.29, 1.82) is 0 Å². The van der Waals surface area contributed by atoms with Crippen molar-refractivity contribution >= 4 is 44.1 Å². The summed E-state index contributed by atoms with van der Waals surface area (Å²) in [6.07, 6.45) is 5.47. The summed E-state index contributed by atoms with van der Waals surface area (Å²) >= 11 is 0. The number of benzene rings is 5. The Kier molecular flexibility index (Phi) is 5.41. The van der Waals surface area contributed by atoms with E-state index in [4.69, 9.17) is 0 Å². The molecule has 158 valence electrons. The van der Waals surface area contributed by atoms with Gasteiger partial charge in [-0.15, -0.1) is 0 Å². The smallest absolute Gasteiger partial charge is 0.0423 e. The molecule has 0 saturated heterocycles. The average molecular weight is 416 g/mol. The summed E-state index contributed by atoms with van der Waals surface area (Å²) in [4.78, 5) is 2.37. The Morgan fingerprint density at radius 3 is 2.12 bits per heavy atom. The zero-order valence-electron chi connectivity index (χ0n) is 18.9. The first-order valence-corrected chi connectivity index (χ1v) is 11.5. The van der Waals surface area contributed by atoms with Crippen LogP contribution in [0, 0.1) is 0 Å². The van der Waals surface area contributed by atoms with Crippen LogP contribution in [-0.2, 0) is 6.42 Å². The molecule has 0 aliphatic rings. The molecular weight excluding hydrogens is 386 g/mol. The second kappa shape index (κ2) is 8.51. The first-order chi connectivity index (χ1) is 15.7. The number of aryl methyl sites for hydroxylation is 1. The quantitative estimate of drug-likeness (QED) is 0.191. The van der Waals surface area contributed by atoms with Crippen LogP contribution in [0.15, 0.2) is 97.1 Å². The molecule has 0 aliphatic carbocycles. The molecule has 0 fully saturated rings. The topological polar surface area (TPSA) is 3.24 Å². The van der Waals surface area contributed by atoms with E-state index in [9.17, 15) is 0 Å².